The van der Waals surface area contributed by atoms with E-state index in [0.29, 0.717) is 16.3 Å². The zero-order valence-electron chi connectivity index (χ0n) is 16.0. The molecule has 0 unspecified atom stereocenters. The number of hydrogen-bond acceptors (Lipinski definition) is 6. The molecule has 1 aliphatic rings. The molecule has 1 saturated heterocycles. The second-order valence-electron chi connectivity index (χ2n) is 7.12. The van der Waals surface area contributed by atoms with E-state index in [2.05, 4.69) is 18.8 Å². The number of carbonyl (C=O) groups is 1. The van der Waals surface area contributed by atoms with Crippen LogP contribution in [-0.2, 0) is 14.8 Å². The van der Waals surface area contributed by atoms with E-state index >= 15 is 0 Å². The van der Waals surface area contributed by atoms with E-state index in [4.69, 9.17) is 4.42 Å². The Morgan fingerprint density at radius 2 is 1.96 bits per heavy atom. The van der Waals surface area contributed by atoms with E-state index in [1.54, 1.807) is 6.07 Å². The molecule has 1 fully saturated rings. The summed E-state index contributed by atoms with van der Waals surface area (Å²) in [6.07, 6.45) is 3.22. The number of amides is 1. The third-order valence-electron chi connectivity index (χ3n) is 4.92. The van der Waals surface area contributed by atoms with Gasteiger partial charge in [0.25, 0.3) is 5.22 Å². The lowest BCUT2D eigenvalue weighted by Crippen LogP contribution is -2.48. The van der Waals surface area contributed by atoms with Gasteiger partial charge in [-0.1, -0.05) is 11.8 Å². The summed E-state index contributed by atoms with van der Waals surface area (Å²) in [6.45, 7) is 4.18. The summed E-state index contributed by atoms with van der Waals surface area (Å²) in [4.78, 5) is 19.1. The first-order valence-corrected chi connectivity index (χ1v) is 11.4. The lowest BCUT2D eigenvalue weighted by Gasteiger charge is -2.39. The molecule has 2 atom stereocenters. The number of sulfonamides is 1. The number of piperidine rings is 1. The molecule has 2 aromatic rings. The summed E-state index contributed by atoms with van der Waals surface area (Å²) in [7, 11) is -0.560. The van der Waals surface area contributed by atoms with Crippen molar-refractivity contribution in [3.8, 4) is 0 Å². The summed E-state index contributed by atoms with van der Waals surface area (Å²) >= 11 is 1.24. The number of aromatic nitrogens is 1. The van der Waals surface area contributed by atoms with Crippen LogP contribution in [-0.4, -0.2) is 60.4 Å². The van der Waals surface area contributed by atoms with Crippen LogP contribution in [0.2, 0.25) is 0 Å². The zero-order valence-corrected chi connectivity index (χ0v) is 17.6. The van der Waals surface area contributed by atoms with Crippen molar-refractivity contribution in [2.45, 2.75) is 55.3 Å². The molecule has 2 heterocycles. The number of nitrogens with zero attached hydrogens (tertiary/aromatic N) is 3. The van der Waals surface area contributed by atoms with Crippen molar-refractivity contribution in [3.05, 3.63) is 18.2 Å². The first kappa shape index (κ1) is 20.2. The van der Waals surface area contributed by atoms with Crippen LogP contribution in [0.15, 0.2) is 32.7 Å². The lowest BCUT2D eigenvalue weighted by molar-refractivity contribution is -0.134. The van der Waals surface area contributed by atoms with Gasteiger partial charge in [-0.3, -0.25) is 4.79 Å². The van der Waals surface area contributed by atoms with Crippen LogP contribution < -0.4 is 0 Å². The van der Waals surface area contributed by atoms with E-state index in [9.17, 15) is 13.2 Å². The van der Waals surface area contributed by atoms with Crippen LogP contribution in [0.25, 0.3) is 11.1 Å². The minimum absolute atomic E-state index is 0.0813. The number of likely N-dealkylation sites (tertiary alicyclic amines) is 1. The number of oxazole rings is 1. The van der Waals surface area contributed by atoms with Crippen LogP contribution in [0, 0.1) is 0 Å². The number of fused-ring (bicyclic) bond motifs is 1. The Morgan fingerprint density at radius 1 is 1.30 bits per heavy atom. The predicted octanol–water partition coefficient (Wildman–Crippen LogP) is 2.96. The topological polar surface area (TPSA) is 83.7 Å². The molecule has 0 aliphatic carbocycles. The van der Waals surface area contributed by atoms with Gasteiger partial charge in [-0.15, -0.1) is 0 Å². The fraction of sp³-hybridized carbons (Fsp3) is 0.556. The Hall–Kier alpha value is -1.58. The van der Waals surface area contributed by atoms with Crippen molar-refractivity contribution in [1.29, 1.82) is 0 Å². The van der Waals surface area contributed by atoms with Gasteiger partial charge in [0.2, 0.25) is 15.9 Å². The van der Waals surface area contributed by atoms with Gasteiger partial charge in [0.1, 0.15) is 5.52 Å². The molecule has 7 nitrogen and oxygen atoms in total. The van der Waals surface area contributed by atoms with E-state index in [1.165, 1.54) is 38.0 Å². The van der Waals surface area contributed by atoms with Gasteiger partial charge in [0.05, 0.1) is 10.6 Å². The third kappa shape index (κ3) is 4.14. The predicted molar refractivity (Wildman–Crippen MR) is 105 cm³/mol. The van der Waals surface area contributed by atoms with Crippen molar-refractivity contribution >= 4 is 38.8 Å². The van der Waals surface area contributed by atoms with E-state index in [0.717, 1.165) is 23.6 Å². The van der Waals surface area contributed by atoms with Crippen molar-refractivity contribution in [2.24, 2.45) is 0 Å². The standard InChI is InChI=1S/C18H25N3O4S2/c1-12-6-5-7-13(2)21(12)17(22)11-26-18-19-15-10-14(8-9-16(15)25-18)27(23,24)20(3)4/h8-10,12-13H,5-7,11H2,1-4H3/t12-,13-/m0/s1. The van der Waals surface area contributed by atoms with Gasteiger partial charge < -0.3 is 9.32 Å². The quantitative estimate of drug-likeness (QED) is 0.704. The minimum atomic E-state index is -3.53. The Balaban J connectivity index is 1.73. The van der Waals surface area contributed by atoms with Crippen LogP contribution in [0.4, 0.5) is 0 Å². The maximum absolute atomic E-state index is 12.6. The van der Waals surface area contributed by atoms with E-state index < -0.39 is 10.0 Å². The molecule has 0 N–H and O–H groups in total. The molecule has 1 aliphatic heterocycles. The van der Waals surface area contributed by atoms with Crippen LogP contribution in [0.1, 0.15) is 33.1 Å². The molecular formula is C18H25N3O4S2. The molecular weight excluding hydrogens is 386 g/mol. The maximum Gasteiger partial charge on any atom is 0.257 e. The number of hydrogen-bond donors (Lipinski definition) is 0. The molecule has 1 aromatic heterocycles. The lowest BCUT2D eigenvalue weighted by atomic mass is 9.98. The Morgan fingerprint density at radius 3 is 2.59 bits per heavy atom. The average molecular weight is 412 g/mol. The van der Waals surface area contributed by atoms with Crippen molar-refractivity contribution < 1.29 is 17.6 Å². The number of rotatable bonds is 5. The van der Waals surface area contributed by atoms with Crippen molar-refractivity contribution in [2.75, 3.05) is 19.8 Å². The average Bonchev–Trinajstić information content (AvgIpc) is 3.01. The number of thioether (sulfide) groups is 1. The third-order valence-corrected chi connectivity index (χ3v) is 7.54. The summed E-state index contributed by atoms with van der Waals surface area (Å²) in [5, 5.41) is 0.370. The normalized spacial score (nSPS) is 21.1. The van der Waals surface area contributed by atoms with Crippen molar-refractivity contribution in [3.63, 3.8) is 0 Å². The second kappa shape index (κ2) is 7.81. The highest BCUT2D eigenvalue weighted by Crippen LogP contribution is 2.28. The molecule has 1 amide bonds. The fourth-order valence-electron chi connectivity index (χ4n) is 3.43. The Bertz CT molecular complexity index is 929. The largest absolute Gasteiger partial charge is 0.431 e. The molecule has 27 heavy (non-hydrogen) atoms. The van der Waals surface area contributed by atoms with E-state index in [-0.39, 0.29) is 28.6 Å². The first-order valence-electron chi connectivity index (χ1n) is 8.97. The summed E-state index contributed by atoms with van der Waals surface area (Å²) < 4.78 is 31.3. The molecule has 1 aromatic carbocycles. The van der Waals surface area contributed by atoms with Gasteiger partial charge in [-0.25, -0.2) is 17.7 Å². The molecule has 9 heteroatoms. The smallest absolute Gasteiger partial charge is 0.257 e. The second-order valence-corrected chi connectivity index (χ2v) is 10.2. The van der Waals surface area contributed by atoms with Gasteiger partial charge >= 0.3 is 0 Å². The molecule has 0 radical (unpaired) electrons. The van der Waals surface area contributed by atoms with Gasteiger partial charge in [-0.05, 0) is 51.3 Å². The van der Waals surface area contributed by atoms with Gasteiger partial charge in [0, 0.05) is 26.2 Å². The van der Waals surface area contributed by atoms with Crippen LogP contribution >= 0.6 is 11.8 Å². The minimum Gasteiger partial charge on any atom is -0.431 e. The number of carbonyl (C=O) groups excluding carboxylic acids is 1. The molecule has 0 bridgehead atoms. The van der Waals surface area contributed by atoms with Gasteiger partial charge in [0.15, 0.2) is 5.58 Å². The zero-order chi connectivity index (χ0) is 19.8. The Kier molecular flexibility index (Phi) is 5.83. The van der Waals surface area contributed by atoms with Crippen LogP contribution in [0.3, 0.4) is 0 Å². The van der Waals surface area contributed by atoms with Crippen molar-refractivity contribution in [1.82, 2.24) is 14.2 Å². The molecule has 148 valence electrons. The molecule has 3 rings (SSSR count). The summed E-state index contributed by atoms with van der Waals surface area (Å²) in [5.74, 6) is 0.336. The molecule has 0 saturated carbocycles. The Labute approximate surface area is 164 Å². The molecule has 0 spiro atoms. The fourth-order valence-corrected chi connectivity index (χ4v) is 5.06. The maximum atomic E-state index is 12.6. The first-order chi connectivity index (χ1) is 12.7. The van der Waals surface area contributed by atoms with E-state index in [1.807, 2.05) is 4.90 Å². The van der Waals surface area contributed by atoms with Gasteiger partial charge in [-0.2, -0.15) is 0 Å². The SMILES string of the molecule is C[C@H]1CCC[C@H](C)N1C(=O)CSc1nc2cc(S(=O)(=O)N(C)C)ccc2o1. The van der Waals surface area contributed by atoms with Crippen LogP contribution in [0.5, 0.6) is 0 Å². The highest BCUT2D eigenvalue weighted by molar-refractivity contribution is 7.99. The summed E-state index contributed by atoms with van der Waals surface area (Å²) in [6, 6.07) is 5.10. The summed E-state index contributed by atoms with van der Waals surface area (Å²) in [5.41, 5.74) is 0.968. The highest BCUT2D eigenvalue weighted by Gasteiger charge is 2.29. The highest BCUT2D eigenvalue weighted by atomic mass is 32.2. The monoisotopic (exact) mass is 411 g/mol. The number of benzene rings is 1.